The minimum Gasteiger partial charge on any atom is -0.368 e. The standard InChI is InChI=1S/C17H11F2N7O2/c18-11-5-9(26(27)28)6-12(19)10(11)7-25-8-22-15-14(13-3-1-2-4-21-13)23-17(20)24-16(15)25/h1-6,8H,7H2,(H2,20,23,24). The normalized spacial score (nSPS) is 11.1. The van der Waals surface area contributed by atoms with E-state index < -0.39 is 22.2 Å². The van der Waals surface area contributed by atoms with E-state index in [9.17, 15) is 18.9 Å². The molecule has 3 aromatic heterocycles. The number of anilines is 1. The molecule has 0 fully saturated rings. The number of nitrogens with zero attached hydrogens (tertiary/aromatic N) is 6. The Bertz CT molecular complexity index is 1190. The minimum absolute atomic E-state index is 0.0560. The molecule has 0 unspecified atom stereocenters. The van der Waals surface area contributed by atoms with Gasteiger partial charge in [0.15, 0.2) is 5.65 Å². The van der Waals surface area contributed by atoms with Crippen LogP contribution in [0.3, 0.4) is 0 Å². The summed E-state index contributed by atoms with van der Waals surface area (Å²) in [6, 6.07) is 6.56. The first-order valence-corrected chi connectivity index (χ1v) is 7.96. The van der Waals surface area contributed by atoms with Crippen molar-refractivity contribution in [3.8, 4) is 11.4 Å². The van der Waals surface area contributed by atoms with Gasteiger partial charge in [-0.2, -0.15) is 4.98 Å². The maximum absolute atomic E-state index is 14.2. The predicted molar refractivity (Wildman–Crippen MR) is 95.1 cm³/mol. The van der Waals surface area contributed by atoms with E-state index in [1.54, 1.807) is 24.4 Å². The maximum Gasteiger partial charge on any atom is 0.275 e. The van der Waals surface area contributed by atoms with Crippen LogP contribution in [0.4, 0.5) is 20.4 Å². The second-order valence-corrected chi connectivity index (χ2v) is 5.84. The van der Waals surface area contributed by atoms with Crippen molar-refractivity contribution in [3.63, 3.8) is 0 Å². The smallest absolute Gasteiger partial charge is 0.275 e. The molecule has 0 radical (unpaired) electrons. The second-order valence-electron chi connectivity index (χ2n) is 5.84. The van der Waals surface area contributed by atoms with E-state index in [0.717, 1.165) is 0 Å². The van der Waals surface area contributed by atoms with Crippen LogP contribution < -0.4 is 5.73 Å². The number of imidazole rings is 1. The third-order valence-corrected chi connectivity index (χ3v) is 4.05. The lowest BCUT2D eigenvalue weighted by molar-refractivity contribution is -0.385. The lowest BCUT2D eigenvalue weighted by Crippen LogP contribution is -2.07. The summed E-state index contributed by atoms with van der Waals surface area (Å²) in [6.07, 6.45) is 2.92. The fourth-order valence-corrected chi connectivity index (χ4v) is 2.77. The molecule has 0 aliphatic carbocycles. The molecule has 0 aliphatic rings. The van der Waals surface area contributed by atoms with Gasteiger partial charge in [-0.25, -0.2) is 18.7 Å². The molecule has 4 aromatic rings. The Balaban J connectivity index is 1.82. The van der Waals surface area contributed by atoms with Crippen LogP contribution in [0.5, 0.6) is 0 Å². The SMILES string of the molecule is Nc1nc(-c2ccccn2)c2ncn(Cc3c(F)cc([N+](=O)[O-])cc3F)c2n1. The molecule has 0 spiro atoms. The van der Waals surface area contributed by atoms with Gasteiger partial charge in [0.05, 0.1) is 35.6 Å². The van der Waals surface area contributed by atoms with E-state index in [1.807, 2.05) is 0 Å². The third kappa shape index (κ3) is 2.98. The number of hydrogen-bond donors (Lipinski definition) is 1. The molecule has 0 atom stereocenters. The van der Waals surface area contributed by atoms with Crippen LogP contribution in [0.1, 0.15) is 5.56 Å². The largest absolute Gasteiger partial charge is 0.368 e. The van der Waals surface area contributed by atoms with Gasteiger partial charge in [0, 0.05) is 11.8 Å². The molecule has 0 amide bonds. The number of rotatable bonds is 4. The Labute approximate surface area is 155 Å². The number of benzene rings is 1. The van der Waals surface area contributed by atoms with Crippen molar-refractivity contribution in [3.05, 3.63) is 70.2 Å². The molecule has 3 heterocycles. The summed E-state index contributed by atoms with van der Waals surface area (Å²) in [5, 5.41) is 10.7. The quantitative estimate of drug-likeness (QED) is 0.424. The summed E-state index contributed by atoms with van der Waals surface area (Å²) in [7, 11) is 0. The highest BCUT2D eigenvalue weighted by atomic mass is 19.1. The predicted octanol–water partition coefficient (Wildman–Crippen LogP) is 2.71. The summed E-state index contributed by atoms with van der Waals surface area (Å²) < 4.78 is 29.9. The first-order chi connectivity index (χ1) is 13.4. The van der Waals surface area contributed by atoms with Crippen LogP contribution in [-0.2, 0) is 6.54 Å². The second kappa shape index (κ2) is 6.61. The highest BCUT2D eigenvalue weighted by molar-refractivity contribution is 5.87. The molecule has 11 heteroatoms. The maximum atomic E-state index is 14.2. The van der Waals surface area contributed by atoms with Crippen molar-refractivity contribution in [1.82, 2.24) is 24.5 Å². The highest BCUT2D eigenvalue weighted by Crippen LogP contribution is 2.26. The number of nitro benzene ring substituents is 1. The van der Waals surface area contributed by atoms with Gasteiger partial charge in [0.2, 0.25) is 5.95 Å². The average Bonchev–Trinajstić information content (AvgIpc) is 3.07. The van der Waals surface area contributed by atoms with Crippen molar-refractivity contribution in [2.24, 2.45) is 0 Å². The molecule has 4 rings (SSSR count). The molecular formula is C17H11F2N7O2. The average molecular weight is 383 g/mol. The molecular weight excluding hydrogens is 372 g/mol. The summed E-state index contributed by atoms with van der Waals surface area (Å²) >= 11 is 0. The van der Waals surface area contributed by atoms with E-state index >= 15 is 0 Å². The molecule has 2 N–H and O–H groups in total. The lowest BCUT2D eigenvalue weighted by Gasteiger charge is -2.08. The van der Waals surface area contributed by atoms with Crippen molar-refractivity contribution in [1.29, 1.82) is 0 Å². The lowest BCUT2D eigenvalue weighted by atomic mass is 10.1. The zero-order valence-corrected chi connectivity index (χ0v) is 14.1. The number of nitro groups is 1. The van der Waals surface area contributed by atoms with Crippen LogP contribution in [0.25, 0.3) is 22.6 Å². The van der Waals surface area contributed by atoms with E-state index in [-0.39, 0.29) is 23.7 Å². The molecule has 0 aliphatic heterocycles. The zero-order valence-electron chi connectivity index (χ0n) is 14.1. The van der Waals surface area contributed by atoms with E-state index in [0.29, 0.717) is 29.0 Å². The van der Waals surface area contributed by atoms with Gasteiger partial charge < -0.3 is 10.3 Å². The minimum atomic E-state index is -1.04. The Morgan fingerprint density at radius 3 is 2.54 bits per heavy atom. The number of halogens is 2. The van der Waals surface area contributed by atoms with Gasteiger partial charge >= 0.3 is 0 Å². The number of nitrogens with two attached hydrogens (primary N) is 1. The number of aromatic nitrogens is 5. The van der Waals surface area contributed by atoms with Gasteiger partial charge in [-0.3, -0.25) is 15.1 Å². The van der Waals surface area contributed by atoms with Crippen LogP contribution >= 0.6 is 0 Å². The van der Waals surface area contributed by atoms with E-state index in [1.165, 1.54) is 10.9 Å². The fourth-order valence-electron chi connectivity index (χ4n) is 2.77. The molecule has 1 aromatic carbocycles. The highest BCUT2D eigenvalue weighted by Gasteiger charge is 2.20. The Kier molecular flexibility index (Phi) is 4.11. The van der Waals surface area contributed by atoms with Gasteiger partial charge in [0.25, 0.3) is 5.69 Å². The zero-order chi connectivity index (χ0) is 19.8. The first kappa shape index (κ1) is 17.4. The van der Waals surface area contributed by atoms with Crippen LogP contribution in [0, 0.1) is 21.7 Å². The number of pyridine rings is 1. The van der Waals surface area contributed by atoms with Crippen molar-refractivity contribution in [2.75, 3.05) is 5.73 Å². The number of hydrogen-bond acceptors (Lipinski definition) is 7. The van der Waals surface area contributed by atoms with Crippen molar-refractivity contribution >= 4 is 22.8 Å². The Morgan fingerprint density at radius 2 is 1.89 bits per heavy atom. The molecule has 0 bridgehead atoms. The van der Waals surface area contributed by atoms with Crippen LogP contribution in [-0.4, -0.2) is 29.4 Å². The molecule has 140 valence electrons. The van der Waals surface area contributed by atoms with Crippen LogP contribution in [0.2, 0.25) is 0 Å². The van der Waals surface area contributed by atoms with E-state index in [4.69, 9.17) is 5.73 Å². The summed E-state index contributed by atoms with van der Waals surface area (Å²) in [6.45, 7) is -0.287. The van der Waals surface area contributed by atoms with Gasteiger partial charge in [-0.05, 0) is 12.1 Å². The summed E-state index contributed by atoms with van der Waals surface area (Å²) in [4.78, 5) is 26.6. The van der Waals surface area contributed by atoms with Crippen molar-refractivity contribution in [2.45, 2.75) is 6.54 Å². The van der Waals surface area contributed by atoms with E-state index in [2.05, 4.69) is 19.9 Å². The number of nitrogen functional groups attached to an aromatic ring is 1. The topological polar surface area (TPSA) is 126 Å². The van der Waals surface area contributed by atoms with Crippen molar-refractivity contribution < 1.29 is 13.7 Å². The fraction of sp³-hybridized carbons (Fsp3) is 0.0588. The monoisotopic (exact) mass is 383 g/mol. The first-order valence-electron chi connectivity index (χ1n) is 7.96. The Morgan fingerprint density at radius 1 is 1.14 bits per heavy atom. The number of fused-ring (bicyclic) bond motifs is 1. The molecule has 28 heavy (non-hydrogen) atoms. The van der Waals surface area contributed by atoms with Gasteiger partial charge in [0.1, 0.15) is 22.8 Å². The summed E-state index contributed by atoms with van der Waals surface area (Å²) in [5.74, 6) is -2.14. The molecule has 0 saturated carbocycles. The summed E-state index contributed by atoms with van der Waals surface area (Å²) in [5.41, 5.74) is 6.26. The Hall–Kier alpha value is -4.02. The van der Waals surface area contributed by atoms with Gasteiger partial charge in [-0.15, -0.1) is 0 Å². The third-order valence-electron chi connectivity index (χ3n) is 4.05. The molecule has 9 nitrogen and oxygen atoms in total. The number of non-ortho nitro benzene ring substituents is 1. The molecule has 0 saturated heterocycles. The van der Waals surface area contributed by atoms with Crippen LogP contribution in [0.15, 0.2) is 42.9 Å². The van der Waals surface area contributed by atoms with Gasteiger partial charge in [-0.1, -0.05) is 6.07 Å².